The quantitative estimate of drug-likeness (QED) is 0.605. The number of hydrogen-bond donors (Lipinski definition) is 1. The van der Waals surface area contributed by atoms with Crippen LogP contribution in [0.4, 0.5) is 14.0 Å². The molecule has 0 unspecified atom stereocenters. The summed E-state index contributed by atoms with van der Waals surface area (Å²) < 4.78 is 29.6. The second kappa shape index (κ2) is 6.44. The van der Waals surface area contributed by atoms with Gasteiger partial charge in [0.1, 0.15) is 11.2 Å². The fourth-order valence-corrected chi connectivity index (χ4v) is 2.34. The summed E-state index contributed by atoms with van der Waals surface area (Å²) in [6.45, 7) is 8.20. The van der Waals surface area contributed by atoms with Crippen molar-refractivity contribution in [3.05, 3.63) is 0 Å². The predicted octanol–water partition coefficient (Wildman–Crippen LogP) is 2.17. The standard InChI is InChI=1S/C16H26FNO7/c1-13(2,3)24-11(21)18(12(22)25-14(4,5)6)16(10(20)23-7)8-15(16,17)9-19/h19H,8-9H2,1-7H3/t15-,16-/m1/s1. The van der Waals surface area contributed by atoms with Crippen LogP contribution in [-0.4, -0.2) is 64.3 Å². The minimum absolute atomic E-state index is 0.269. The number of carbonyl (C=O) groups is 3. The number of amides is 2. The Morgan fingerprint density at radius 3 is 1.68 bits per heavy atom. The van der Waals surface area contributed by atoms with Gasteiger partial charge in [-0.2, -0.15) is 4.90 Å². The van der Waals surface area contributed by atoms with Crippen LogP contribution in [0.15, 0.2) is 0 Å². The number of aliphatic hydroxyl groups is 1. The van der Waals surface area contributed by atoms with Crippen LogP contribution in [-0.2, 0) is 19.0 Å². The molecule has 0 spiro atoms. The molecule has 1 aliphatic rings. The van der Waals surface area contributed by atoms with E-state index in [4.69, 9.17) is 9.47 Å². The molecule has 1 rings (SSSR count). The lowest BCUT2D eigenvalue weighted by Crippen LogP contribution is -2.57. The first-order valence-electron chi connectivity index (χ1n) is 7.78. The number of rotatable bonds is 3. The minimum Gasteiger partial charge on any atom is -0.467 e. The van der Waals surface area contributed by atoms with E-state index >= 15 is 0 Å². The monoisotopic (exact) mass is 363 g/mol. The molecule has 0 aromatic heterocycles. The molecule has 2 amide bonds. The van der Waals surface area contributed by atoms with Crippen molar-refractivity contribution in [2.75, 3.05) is 13.7 Å². The number of alkyl halides is 1. The average molecular weight is 363 g/mol. The van der Waals surface area contributed by atoms with E-state index in [1.54, 1.807) is 41.5 Å². The van der Waals surface area contributed by atoms with Crippen molar-refractivity contribution in [1.29, 1.82) is 0 Å². The number of esters is 1. The molecular formula is C16H26FNO7. The first kappa shape index (κ1) is 21.1. The molecule has 2 atom stereocenters. The molecule has 1 aliphatic carbocycles. The summed E-state index contributed by atoms with van der Waals surface area (Å²) in [6, 6.07) is 0. The van der Waals surface area contributed by atoms with E-state index < -0.39 is 53.6 Å². The summed E-state index contributed by atoms with van der Waals surface area (Å²) in [6.07, 6.45) is -3.14. The van der Waals surface area contributed by atoms with Gasteiger partial charge >= 0.3 is 18.2 Å². The van der Waals surface area contributed by atoms with Gasteiger partial charge in [0.2, 0.25) is 0 Å². The zero-order valence-corrected chi connectivity index (χ0v) is 15.6. The summed E-state index contributed by atoms with van der Waals surface area (Å²) in [5.74, 6) is -1.18. The third-order valence-corrected chi connectivity index (χ3v) is 3.46. The van der Waals surface area contributed by atoms with Crippen molar-refractivity contribution >= 4 is 18.2 Å². The lowest BCUT2D eigenvalue weighted by atomic mass is 10.1. The van der Waals surface area contributed by atoms with Crippen molar-refractivity contribution in [2.45, 2.75) is 70.4 Å². The van der Waals surface area contributed by atoms with E-state index in [0.717, 1.165) is 7.11 Å². The predicted molar refractivity (Wildman–Crippen MR) is 84.6 cm³/mol. The number of nitrogens with zero attached hydrogens (tertiary/aromatic N) is 1. The van der Waals surface area contributed by atoms with Crippen LogP contribution in [0.25, 0.3) is 0 Å². The van der Waals surface area contributed by atoms with Gasteiger partial charge in [-0.3, -0.25) is 0 Å². The normalized spacial score (nSPS) is 25.8. The zero-order valence-electron chi connectivity index (χ0n) is 15.6. The molecule has 9 heteroatoms. The maximum atomic E-state index is 14.8. The molecule has 1 N–H and O–H groups in total. The maximum Gasteiger partial charge on any atom is 0.420 e. The van der Waals surface area contributed by atoms with E-state index in [1.165, 1.54) is 0 Å². The molecule has 0 bridgehead atoms. The Balaban J connectivity index is 3.37. The second-order valence-corrected chi connectivity index (χ2v) is 7.95. The summed E-state index contributed by atoms with van der Waals surface area (Å²) >= 11 is 0. The third kappa shape index (κ3) is 4.20. The van der Waals surface area contributed by atoms with Gasteiger partial charge in [-0.25, -0.2) is 18.8 Å². The van der Waals surface area contributed by atoms with E-state index in [2.05, 4.69) is 4.74 Å². The number of aliphatic hydroxyl groups excluding tert-OH is 1. The first-order valence-corrected chi connectivity index (χ1v) is 7.78. The van der Waals surface area contributed by atoms with Gasteiger partial charge < -0.3 is 19.3 Å². The highest BCUT2D eigenvalue weighted by Crippen LogP contribution is 2.56. The molecule has 0 aliphatic heterocycles. The zero-order chi connectivity index (χ0) is 19.8. The SMILES string of the molecule is COC(=O)[C@]1(N(C(=O)OC(C)(C)C)C(=O)OC(C)(C)C)C[C@@]1(F)CO. The number of hydrogen-bond acceptors (Lipinski definition) is 7. The van der Waals surface area contributed by atoms with Crippen molar-refractivity contribution < 1.29 is 38.1 Å². The number of imide groups is 1. The molecular weight excluding hydrogens is 337 g/mol. The van der Waals surface area contributed by atoms with Crippen LogP contribution in [0.2, 0.25) is 0 Å². The maximum absolute atomic E-state index is 14.8. The van der Waals surface area contributed by atoms with Crippen LogP contribution in [0.3, 0.4) is 0 Å². The summed E-state index contributed by atoms with van der Waals surface area (Å²) in [5, 5.41) is 9.31. The van der Waals surface area contributed by atoms with Crippen LogP contribution in [0, 0.1) is 0 Å². The summed E-state index contributed by atoms with van der Waals surface area (Å²) in [4.78, 5) is 37.6. The molecule has 0 aromatic rings. The minimum atomic E-state index is -2.53. The van der Waals surface area contributed by atoms with Gasteiger partial charge in [-0.1, -0.05) is 0 Å². The fraction of sp³-hybridized carbons (Fsp3) is 0.812. The lowest BCUT2D eigenvalue weighted by Gasteiger charge is -2.33. The van der Waals surface area contributed by atoms with Crippen molar-refractivity contribution in [3.8, 4) is 0 Å². The lowest BCUT2D eigenvalue weighted by molar-refractivity contribution is -0.151. The highest BCUT2D eigenvalue weighted by atomic mass is 19.1. The Hall–Kier alpha value is -1.90. The Bertz CT molecular complexity index is 538. The van der Waals surface area contributed by atoms with Gasteiger partial charge in [-0.15, -0.1) is 0 Å². The molecule has 1 fully saturated rings. The third-order valence-electron chi connectivity index (χ3n) is 3.46. The Labute approximate surface area is 146 Å². The van der Waals surface area contributed by atoms with E-state index in [9.17, 15) is 23.9 Å². The Morgan fingerprint density at radius 1 is 1.04 bits per heavy atom. The Morgan fingerprint density at radius 2 is 1.44 bits per heavy atom. The number of carbonyl (C=O) groups excluding carboxylic acids is 3. The first-order chi connectivity index (χ1) is 11.1. The van der Waals surface area contributed by atoms with Gasteiger partial charge in [0.15, 0.2) is 11.2 Å². The molecule has 0 saturated heterocycles. The fourth-order valence-electron chi connectivity index (χ4n) is 2.34. The molecule has 25 heavy (non-hydrogen) atoms. The molecule has 0 heterocycles. The molecule has 0 aromatic carbocycles. The van der Waals surface area contributed by atoms with Crippen molar-refractivity contribution in [2.24, 2.45) is 0 Å². The van der Waals surface area contributed by atoms with Gasteiger partial charge in [0, 0.05) is 6.42 Å². The number of ether oxygens (including phenoxy) is 3. The van der Waals surface area contributed by atoms with Crippen LogP contribution in [0.5, 0.6) is 0 Å². The molecule has 8 nitrogen and oxygen atoms in total. The van der Waals surface area contributed by atoms with Crippen molar-refractivity contribution in [3.63, 3.8) is 0 Å². The second-order valence-electron chi connectivity index (χ2n) is 7.95. The molecule has 144 valence electrons. The van der Waals surface area contributed by atoms with Crippen molar-refractivity contribution in [1.82, 2.24) is 4.90 Å². The van der Waals surface area contributed by atoms with E-state index in [0.29, 0.717) is 0 Å². The summed E-state index contributed by atoms with van der Waals surface area (Å²) in [7, 11) is 0.989. The average Bonchev–Trinajstić information content (AvgIpc) is 3.01. The van der Waals surface area contributed by atoms with Gasteiger partial charge in [0.05, 0.1) is 13.7 Å². The topological polar surface area (TPSA) is 102 Å². The highest BCUT2D eigenvalue weighted by molar-refractivity contribution is 6.00. The number of methoxy groups -OCH3 is 1. The molecule has 1 saturated carbocycles. The van der Waals surface area contributed by atoms with Crippen LogP contribution >= 0.6 is 0 Å². The largest absolute Gasteiger partial charge is 0.467 e. The summed E-state index contributed by atoms with van der Waals surface area (Å²) in [5.41, 5.74) is -6.89. The van der Waals surface area contributed by atoms with Crippen LogP contribution < -0.4 is 0 Å². The highest BCUT2D eigenvalue weighted by Gasteiger charge is 2.81. The Kier molecular flexibility index (Phi) is 5.44. The smallest absolute Gasteiger partial charge is 0.420 e. The van der Waals surface area contributed by atoms with Gasteiger partial charge in [0.25, 0.3) is 0 Å². The van der Waals surface area contributed by atoms with Gasteiger partial charge in [-0.05, 0) is 41.5 Å². The molecule has 0 radical (unpaired) electrons. The van der Waals surface area contributed by atoms with E-state index in [1.807, 2.05) is 0 Å². The van der Waals surface area contributed by atoms with E-state index in [-0.39, 0.29) is 4.90 Å². The van der Waals surface area contributed by atoms with Crippen LogP contribution in [0.1, 0.15) is 48.0 Å². The number of halogens is 1.